The van der Waals surface area contributed by atoms with Gasteiger partial charge in [0.15, 0.2) is 0 Å². The van der Waals surface area contributed by atoms with Gasteiger partial charge in [0.2, 0.25) is 0 Å². The monoisotopic (exact) mass is 440 g/mol. The molecule has 0 fully saturated rings. The molecule has 3 aromatic carbocycles. The third-order valence-electron chi connectivity index (χ3n) is 5.06. The van der Waals surface area contributed by atoms with Crippen molar-refractivity contribution < 1.29 is 9.47 Å². The molecule has 0 saturated heterocycles. The molecule has 6 heteroatoms. The van der Waals surface area contributed by atoms with E-state index >= 15 is 0 Å². The lowest BCUT2D eigenvalue weighted by Gasteiger charge is -2.20. The van der Waals surface area contributed by atoms with E-state index in [4.69, 9.17) is 37.7 Å². The van der Waals surface area contributed by atoms with E-state index in [9.17, 15) is 0 Å². The van der Waals surface area contributed by atoms with Crippen molar-refractivity contribution in [2.45, 2.75) is 19.0 Å². The predicted molar refractivity (Wildman–Crippen MR) is 122 cm³/mol. The van der Waals surface area contributed by atoms with Gasteiger partial charge < -0.3 is 14.8 Å². The van der Waals surface area contributed by atoms with Gasteiger partial charge in [0, 0.05) is 10.0 Å². The molecule has 0 radical (unpaired) electrons. The smallest absolute Gasteiger partial charge is 0.137 e. The molecule has 1 aliphatic heterocycles. The van der Waals surface area contributed by atoms with E-state index in [0.717, 1.165) is 28.3 Å². The average molecular weight is 441 g/mol. The van der Waals surface area contributed by atoms with E-state index in [-0.39, 0.29) is 12.1 Å². The highest BCUT2D eigenvalue weighted by Crippen LogP contribution is 2.40. The maximum atomic E-state index is 6.11. The molecule has 0 spiro atoms. The first-order valence-corrected chi connectivity index (χ1v) is 10.5. The molecule has 3 aromatic rings. The van der Waals surface area contributed by atoms with Gasteiger partial charge in [-0.05, 0) is 54.4 Å². The molecule has 1 N–H and O–H groups in total. The number of hydrogen-bond donors (Lipinski definition) is 1. The summed E-state index contributed by atoms with van der Waals surface area (Å²) in [7, 11) is 1.65. The summed E-state index contributed by atoms with van der Waals surface area (Å²) in [6, 6.07) is 21.2. The van der Waals surface area contributed by atoms with Gasteiger partial charge in [-0.15, -0.1) is 0 Å². The fourth-order valence-corrected chi connectivity index (χ4v) is 3.92. The normalized spacial score (nSPS) is 17.9. The average Bonchev–Trinajstić information content (AvgIpc) is 3.19. The van der Waals surface area contributed by atoms with Gasteiger partial charge >= 0.3 is 0 Å². The Kier molecular flexibility index (Phi) is 6.16. The zero-order valence-electron chi connectivity index (χ0n) is 16.7. The molecule has 0 aliphatic carbocycles. The van der Waals surface area contributed by atoms with Crippen molar-refractivity contribution in [3.8, 4) is 11.5 Å². The first-order valence-electron chi connectivity index (χ1n) is 9.76. The Morgan fingerprint density at radius 2 is 1.47 bits per heavy atom. The van der Waals surface area contributed by atoms with E-state index in [1.54, 1.807) is 7.11 Å². The van der Waals surface area contributed by atoms with Crippen LogP contribution in [0.25, 0.3) is 0 Å². The third kappa shape index (κ3) is 4.11. The van der Waals surface area contributed by atoms with Crippen LogP contribution in [0.2, 0.25) is 10.0 Å². The zero-order chi connectivity index (χ0) is 21.1. The molecule has 1 heterocycles. The van der Waals surface area contributed by atoms with Gasteiger partial charge in [-0.2, -0.15) is 0 Å². The number of benzene rings is 3. The topological polar surface area (TPSA) is 42.9 Å². The molecule has 0 aromatic heterocycles. The number of aliphatic imine (C=N–C) groups is 1. The van der Waals surface area contributed by atoms with Crippen LogP contribution in [-0.4, -0.2) is 19.6 Å². The predicted octanol–water partition coefficient (Wildman–Crippen LogP) is 6.23. The van der Waals surface area contributed by atoms with Crippen LogP contribution in [0.5, 0.6) is 11.5 Å². The molecule has 0 bridgehead atoms. The van der Waals surface area contributed by atoms with Crippen LogP contribution in [-0.2, 0) is 0 Å². The third-order valence-corrected chi connectivity index (χ3v) is 5.57. The minimum absolute atomic E-state index is 0.0715. The summed E-state index contributed by atoms with van der Waals surface area (Å²) >= 11 is 12.2. The fourth-order valence-electron chi connectivity index (χ4n) is 3.67. The quantitative estimate of drug-likeness (QED) is 0.493. The van der Waals surface area contributed by atoms with Gasteiger partial charge in [-0.3, -0.25) is 4.99 Å². The standard InChI is InChI=1S/C24H22Cl2N2O2/c1-3-30-20-6-4-5-19(29-2)21(20)24-27-22(15-7-11-17(25)12-8-15)23(28-24)16-9-13-18(26)14-10-16/h4-14,22-23H,3H2,1-2H3,(H,27,28)/t22-,23+. The van der Waals surface area contributed by atoms with Crippen molar-refractivity contribution in [2.24, 2.45) is 4.99 Å². The van der Waals surface area contributed by atoms with Crippen molar-refractivity contribution in [2.75, 3.05) is 13.7 Å². The van der Waals surface area contributed by atoms with Crippen molar-refractivity contribution >= 4 is 29.0 Å². The number of rotatable bonds is 6. The molecule has 1 aliphatic rings. The van der Waals surface area contributed by atoms with Gasteiger partial charge in [0.1, 0.15) is 28.9 Å². The van der Waals surface area contributed by atoms with E-state index in [2.05, 4.69) is 5.32 Å². The number of nitrogens with one attached hydrogen (secondary N) is 1. The molecule has 0 amide bonds. The lowest BCUT2D eigenvalue weighted by Crippen LogP contribution is -2.26. The van der Waals surface area contributed by atoms with Crippen LogP contribution < -0.4 is 14.8 Å². The Balaban J connectivity index is 1.81. The van der Waals surface area contributed by atoms with Gasteiger partial charge in [0.25, 0.3) is 0 Å². The van der Waals surface area contributed by atoms with Crippen LogP contribution in [0.4, 0.5) is 0 Å². The van der Waals surface area contributed by atoms with Crippen molar-refractivity contribution in [1.82, 2.24) is 5.32 Å². The molecular weight excluding hydrogens is 419 g/mol. The lowest BCUT2D eigenvalue weighted by atomic mass is 9.95. The summed E-state index contributed by atoms with van der Waals surface area (Å²) in [5, 5.41) is 4.99. The second kappa shape index (κ2) is 8.99. The Bertz CT molecular complexity index is 1050. The van der Waals surface area contributed by atoms with Gasteiger partial charge in [-0.1, -0.05) is 53.5 Å². The first-order chi connectivity index (χ1) is 14.6. The minimum Gasteiger partial charge on any atom is -0.496 e. The molecule has 4 rings (SSSR count). The number of halogens is 2. The number of hydrogen-bond acceptors (Lipinski definition) is 4. The highest BCUT2D eigenvalue weighted by Gasteiger charge is 2.34. The SMILES string of the molecule is CCOc1cccc(OC)c1C1=N[C@H](c2ccc(Cl)cc2)[C@H](c2ccc(Cl)cc2)N1. The molecule has 2 atom stereocenters. The fraction of sp³-hybridized carbons (Fsp3) is 0.208. The van der Waals surface area contributed by atoms with E-state index in [0.29, 0.717) is 22.4 Å². The summed E-state index contributed by atoms with van der Waals surface area (Å²) in [6.07, 6.45) is 0. The molecule has 154 valence electrons. The van der Waals surface area contributed by atoms with Crippen molar-refractivity contribution in [3.63, 3.8) is 0 Å². The maximum Gasteiger partial charge on any atom is 0.137 e. The number of nitrogens with zero attached hydrogens (tertiary/aromatic N) is 1. The summed E-state index contributed by atoms with van der Waals surface area (Å²) in [5.74, 6) is 2.17. The van der Waals surface area contributed by atoms with E-state index in [1.807, 2.05) is 73.7 Å². The maximum absolute atomic E-state index is 6.11. The summed E-state index contributed by atoms with van der Waals surface area (Å²) in [4.78, 5) is 5.06. The Labute approximate surface area is 186 Å². The van der Waals surface area contributed by atoms with Crippen LogP contribution in [0.15, 0.2) is 71.7 Å². The molecule has 4 nitrogen and oxygen atoms in total. The first kappa shape index (κ1) is 20.6. The Morgan fingerprint density at radius 3 is 2.07 bits per heavy atom. The van der Waals surface area contributed by atoms with Crippen LogP contribution in [0, 0.1) is 0 Å². The van der Waals surface area contributed by atoms with Crippen LogP contribution >= 0.6 is 23.2 Å². The lowest BCUT2D eigenvalue weighted by molar-refractivity contribution is 0.335. The van der Waals surface area contributed by atoms with Crippen LogP contribution in [0.1, 0.15) is 35.7 Å². The van der Waals surface area contributed by atoms with E-state index in [1.165, 1.54) is 0 Å². The minimum atomic E-state index is -0.141. The molecular formula is C24H22Cl2N2O2. The largest absolute Gasteiger partial charge is 0.496 e. The zero-order valence-corrected chi connectivity index (χ0v) is 18.2. The Hall–Kier alpha value is -2.69. The van der Waals surface area contributed by atoms with Crippen LogP contribution in [0.3, 0.4) is 0 Å². The summed E-state index contributed by atoms with van der Waals surface area (Å²) in [6.45, 7) is 2.51. The second-order valence-electron chi connectivity index (χ2n) is 6.91. The van der Waals surface area contributed by atoms with Crippen molar-refractivity contribution in [3.05, 3.63) is 93.5 Å². The number of amidine groups is 1. The summed E-state index contributed by atoms with van der Waals surface area (Å²) < 4.78 is 11.5. The molecule has 0 unspecified atom stereocenters. The molecule has 30 heavy (non-hydrogen) atoms. The summed E-state index contributed by atoms with van der Waals surface area (Å²) in [5.41, 5.74) is 2.97. The Morgan fingerprint density at radius 1 is 0.867 bits per heavy atom. The van der Waals surface area contributed by atoms with Crippen molar-refractivity contribution in [1.29, 1.82) is 0 Å². The second-order valence-corrected chi connectivity index (χ2v) is 7.79. The number of ether oxygens (including phenoxy) is 2. The van der Waals surface area contributed by atoms with E-state index < -0.39 is 0 Å². The molecule has 0 saturated carbocycles. The van der Waals surface area contributed by atoms with Gasteiger partial charge in [0.05, 0.1) is 19.8 Å². The highest BCUT2D eigenvalue weighted by molar-refractivity contribution is 6.30. The highest BCUT2D eigenvalue weighted by atomic mass is 35.5. The van der Waals surface area contributed by atoms with Gasteiger partial charge in [-0.25, -0.2) is 0 Å². The number of methoxy groups -OCH3 is 1.